The van der Waals surface area contributed by atoms with Gasteiger partial charge in [0.2, 0.25) is 5.91 Å². The minimum Gasteiger partial charge on any atom is -0.375 e. The van der Waals surface area contributed by atoms with Gasteiger partial charge in [-0.2, -0.15) is 5.10 Å². The molecule has 1 fully saturated rings. The molecule has 1 amide bonds. The largest absolute Gasteiger partial charge is 0.375 e. The molecule has 0 saturated carbocycles. The molecule has 0 aromatic carbocycles. The molecule has 1 aliphatic heterocycles. The zero-order valence-corrected chi connectivity index (χ0v) is 13.6. The second kappa shape index (κ2) is 6.91. The third-order valence-electron chi connectivity index (χ3n) is 4.25. The number of aryl methyl sites for hydroxylation is 1. The van der Waals surface area contributed by atoms with E-state index in [1.807, 2.05) is 24.0 Å². The lowest BCUT2D eigenvalue weighted by atomic mass is 9.96. The summed E-state index contributed by atoms with van der Waals surface area (Å²) in [4.78, 5) is 18.3. The number of amides is 1. The predicted octanol–water partition coefficient (Wildman–Crippen LogP) is 1.82. The first-order valence-corrected chi connectivity index (χ1v) is 7.90. The summed E-state index contributed by atoms with van der Waals surface area (Å²) in [5.41, 5.74) is 4.01. The van der Waals surface area contributed by atoms with Crippen molar-refractivity contribution in [1.82, 2.24) is 20.1 Å². The van der Waals surface area contributed by atoms with Crippen molar-refractivity contribution < 1.29 is 9.53 Å². The molecule has 0 aliphatic carbocycles. The summed E-state index contributed by atoms with van der Waals surface area (Å²) in [6.45, 7) is 3.74. The number of carbonyl (C=O) groups is 1. The van der Waals surface area contributed by atoms with Crippen LogP contribution < -0.4 is 0 Å². The number of hydrogen-bond acceptors (Lipinski definition) is 4. The Balaban J connectivity index is 1.71. The van der Waals surface area contributed by atoms with Gasteiger partial charge in [0, 0.05) is 32.1 Å². The third-order valence-corrected chi connectivity index (χ3v) is 4.25. The number of H-pyrrole nitrogens is 1. The molecule has 3 rings (SSSR count). The van der Waals surface area contributed by atoms with Gasteiger partial charge in [0.25, 0.3) is 0 Å². The lowest BCUT2D eigenvalue weighted by molar-refractivity contribution is -0.134. The molecule has 23 heavy (non-hydrogen) atoms. The molecular weight excluding hydrogens is 292 g/mol. The highest BCUT2D eigenvalue weighted by Gasteiger charge is 2.27. The monoisotopic (exact) mass is 314 g/mol. The number of aromatic nitrogens is 3. The van der Waals surface area contributed by atoms with Gasteiger partial charge in [0.1, 0.15) is 12.3 Å². The highest BCUT2D eigenvalue weighted by molar-refractivity contribution is 5.77. The van der Waals surface area contributed by atoms with E-state index in [4.69, 9.17) is 4.74 Å². The number of nitrogens with one attached hydrogen (secondary N) is 1. The smallest absolute Gasteiger partial charge is 0.248 e. The van der Waals surface area contributed by atoms with Gasteiger partial charge >= 0.3 is 0 Å². The standard InChI is InChI=1S/C17H22N4O2/c1-12-8-15(20-19-12)17-14(4-3-6-18-17)9-13-5-7-21(10-13)16(22)11-23-2/h3-4,6,8,13H,5,7,9-11H2,1-2H3,(H,19,20)/t13-/m1/s1. The van der Waals surface area contributed by atoms with Gasteiger partial charge in [-0.3, -0.25) is 14.9 Å². The van der Waals surface area contributed by atoms with Gasteiger partial charge in [0.05, 0.1) is 5.69 Å². The Labute approximate surface area is 135 Å². The second-order valence-corrected chi connectivity index (χ2v) is 6.08. The van der Waals surface area contributed by atoms with E-state index in [1.165, 1.54) is 5.56 Å². The summed E-state index contributed by atoms with van der Waals surface area (Å²) in [6, 6.07) is 6.07. The number of nitrogens with zero attached hydrogens (tertiary/aromatic N) is 3. The molecule has 2 aromatic heterocycles. The van der Waals surface area contributed by atoms with Crippen LogP contribution in [0.4, 0.5) is 0 Å². The van der Waals surface area contributed by atoms with E-state index in [-0.39, 0.29) is 12.5 Å². The van der Waals surface area contributed by atoms with Crippen molar-refractivity contribution in [3.8, 4) is 11.4 Å². The van der Waals surface area contributed by atoms with E-state index in [1.54, 1.807) is 13.3 Å². The molecule has 0 bridgehead atoms. The highest BCUT2D eigenvalue weighted by atomic mass is 16.5. The Morgan fingerprint density at radius 3 is 3.13 bits per heavy atom. The Kier molecular flexibility index (Phi) is 4.71. The van der Waals surface area contributed by atoms with Gasteiger partial charge in [-0.15, -0.1) is 0 Å². The van der Waals surface area contributed by atoms with Crippen molar-refractivity contribution >= 4 is 5.91 Å². The van der Waals surface area contributed by atoms with Crippen LogP contribution in [-0.2, 0) is 16.0 Å². The van der Waals surface area contributed by atoms with E-state index in [0.717, 1.165) is 43.0 Å². The molecule has 1 atom stereocenters. The van der Waals surface area contributed by atoms with Crippen LogP contribution in [0.2, 0.25) is 0 Å². The Bertz CT molecular complexity index is 683. The molecular formula is C17H22N4O2. The van der Waals surface area contributed by atoms with Gasteiger partial charge in [-0.25, -0.2) is 0 Å². The third kappa shape index (κ3) is 3.59. The minimum absolute atomic E-state index is 0.0735. The van der Waals surface area contributed by atoms with E-state index < -0.39 is 0 Å². The Hall–Kier alpha value is -2.21. The molecule has 1 N–H and O–H groups in total. The zero-order valence-electron chi connectivity index (χ0n) is 13.6. The van der Waals surface area contributed by atoms with E-state index in [2.05, 4.69) is 21.2 Å². The summed E-state index contributed by atoms with van der Waals surface area (Å²) in [7, 11) is 1.55. The number of ether oxygens (including phenoxy) is 1. The van der Waals surface area contributed by atoms with E-state index >= 15 is 0 Å². The Morgan fingerprint density at radius 2 is 2.39 bits per heavy atom. The van der Waals surface area contributed by atoms with Crippen LogP contribution in [-0.4, -0.2) is 52.8 Å². The van der Waals surface area contributed by atoms with Crippen LogP contribution in [0.15, 0.2) is 24.4 Å². The first kappa shape index (κ1) is 15.7. The quantitative estimate of drug-likeness (QED) is 0.914. The normalized spacial score (nSPS) is 17.7. The predicted molar refractivity (Wildman–Crippen MR) is 86.8 cm³/mol. The van der Waals surface area contributed by atoms with Crippen molar-refractivity contribution in [2.75, 3.05) is 26.8 Å². The fourth-order valence-corrected chi connectivity index (χ4v) is 3.12. The van der Waals surface area contributed by atoms with Crippen molar-refractivity contribution in [3.63, 3.8) is 0 Å². The lowest BCUT2D eigenvalue weighted by Gasteiger charge is -2.16. The fourth-order valence-electron chi connectivity index (χ4n) is 3.12. The Morgan fingerprint density at radius 1 is 1.52 bits per heavy atom. The van der Waals surface area contributed by atoms with Crippen molar-refractivity contribution in [2.45, 2.75) is 19.8 Å². The number of likely N-dealkylation sites (tertiary alicyclic amines) is 1. The average Bonchev–Trinajstić information content (AvgIpc) is 3.17. The van der Waals surface area contributed by atoms with E-state index in [9.17, 15) is 4.79 Å². The molecule has 0 radical (unpaired) electrons. The van der Waals surface area contributed by atoms with E-state index in [0.29, 0.717) is 5.92 Å². The van der Waals surface area contributed by atoms with Crippen LogP contribution in [0, 0.1) is 12.8 Å². The first-order valence-electron chi connectivity index (χ1n) is 7.90. The lowest BCUT2D eigenvalue weighted by Crippen LogP contribution is -2.31. The molecule has 0 unspecified atom stereocenters. The minimum atomic E-state index is 0.0735. The van der Waals surface area contributed by atoms with Crippen LogP contribution >= 0.6 is 0 Å². The molecule has 6 nitrogen and oxygen atoms in total. The average molecular weight is 314 g/mol. The fraction of sp³-hybridized carbons (Fsp3) is 0.471. The summed E-state index contributed by atoms with van der Waals surface area (Å²) < 4.78 is 4.94. The molecule has 6 heteroatoms. The molecule has 1 saturated heterocycles. The maximum Gasteiger partial charge on any atom is 0.248 e. The maximum absolute atomic E-state index is 11.9. The van der Waals surface area contributed by atoms with Crippen LogP contribution in [0.1, 0.15) is 17.7 Å². The molecule has 3 heterocycles. The number of rotatable bonds is 5. The molecule has 122 valence electrons. The summed E-state index contributed by atoms with van der Waals surface area (Å²) in [5, 5.41) is 7.29. The van der Waals surface area contributed by atoms with Crippen LogP contribution in [0.25, 0.3) is 11.4 Å². The summed E-state index contributed by atoms with van der Waals surface area (Å²) in [5.74, 6) is 0.531. The summed E-state index contributed by atoms with van der Waals surface area (Å²) >= 11 is 0. The molecule has 0 spiro atoms. The number of methoxy groups -OCH3 is 1. The SMILES string of the molecule is COCC(=O)N1CC[C@H](Cc2cccnc2-c2cc(C)[nH]n2)C1. The molecule has 1 aliphatic rings. The number of carbonyl (C=O) groups excluding carboxylic acids is 1. The van der Waals surface area contributed by atoms with Gasteiger partial charge in [-0.1, -0.05) is 6.07 Å². The first-order chi connectivity index (χ1) is 11.2. The number of pyridine rings is 1. The number of hydrogen-bond donors (Lipinski definition) is 1. The zero-order chi connectivity index (χ0) is 16.2. The van der Waals surface area contributed by atoms with Crippen molar-refractivity contribution in [2.24, 2.45) is 5.92 Å². The molecule has 2 aromatic rings. The topological polar surface area (TPSA) is 71.1 Å². The van der Waals surface area contributed by atoms with Crippen molar-refractivity contribution in [1.29, 1.82) is 0 Å². The maximum atomic E-state index is 11.9. The van der Waals surface area contributed by atoms with Gasteiger partial charge in [-0.05, 0) is 43.4 Å². The van der Waals surface area contributed by atoms with Gasteiger partial charge < -0.3 is 9.64 Å². The highest BCUT2D eigenvalue weighted by Crippen LogP contribution is 2.26. The van der Waals surface area contributed by atoms with Crippen molar-refractivity contribution in [3.05, 3.63) is 35.7 Å². The van der Waals surface area contributed by atoms with Crippen LogP contribution in [0.5, 0.6) is 0 Å². The number of aromatic amines is 1. The summed E-state index contributed by atoms with van der Waals surface area (Å²) in [6.07, 6.45) is 3.72. The van der Waals surface area contributed by atoms with Gasteiger partial charge in [0.15, 0.2) is 0 Å². The second-order valence-electron chi connectivity index (χ2n) is 6.08. The van der Waals surface area contributed by atoms with Crippen LogP contribution in [0.3, 0.4) is 0 Å².